The van der Waals surface area contributed by atoms with Crippen molar-refractivity contribution in [3.05, 3.63) is 53.6 Å². The topological polar surface area (TPSA) is 85.9 Å². The molecule has 0 saturated heterocycles. The highest BCUT2D eigenvalue weighted by Gasteiger charge is 2.09. The quantitative estimate of drug-likeness (QED) is 0.558. The van der Waals surface area contributed by atoms with E-state index >= 15 is 0 Å². The lowest BCUT2D eigenvalue weighted by molar-refractivity contribution is -0.123. The van der Waals surface area contributed by atoms with Crippen molar-refractivity contribution >= 4 is 11.8 Å². The molecule has 2 aromatic carbocycles. The van der Waals surface area contributed by atoms with Crippen LogP contribution in [0.15, 0.2) is 42.5 Å². The molecule has 162 valence electrons. The van der Waals surface area contributed by atoms with Crippen LogP contribution in [0.5, 0.6) is 17.2 Å². The van der Waals surface area contributed by atoms with Gasteiger partial charge in [-0.05, 0) is 55.7 Å². The molecule has 7 nitrogen and oxygen atoms in total. The predicted octanol–water partition coefficient (Wildman–Crippen LogP) is 2.86. The van der Waals surface area contributed by atoms with Gasteiger partial charge in [-0.1, -0.05) is 18.2 Å². The minimum atomic E-state index is -0.191. The fraction of sp³-hybridized carbons (Fsp3) is 0.391. The van der Waals surface area contributed by atoms with Crippen LogP contribution in [-0.4, -0.2) is 38.7 Å². The molecule has 0 aliphatic heterocycles. The molecule has 0 bridgehead atoms. The summed E-state index contributed by atoms with van der Waals surface area (Å²) < 4.78 is 16.3. The zero-order valence-corrected chi connectivity index (χ0v) is 17.8. The van der Waals surface area contributed by atoms with Gasteiger partial charge in [-0.25, -0.2) is 0 Å². The molecule has 0 fully saturated rings. The van der Waals surface area contributed by atoms with Crippen molar-refractivity contribution < 1.29 is 23.8 Å². The molecule has 0 saturated carbocycles. The van der Waals surface area contributed by atoms with Crippen molar-refractivity contribution in [3.8, 4) is 17.2 Å². The van der Waals surface area contributed by atoms with E-state index in [0.717, 1.165) is 16.9 Å². The van der Waals surface area contributed by atoms with Crippen LogP contribution in [0.4, 0.5) is 0 Å². The van der Waals surface area contributed by atoms with Gasteiger partial charge in [-0.15, -0.1) is 0 Å². The molecular weight excluding hydrogens is 384 g/mol. The molecule has 0 radical (unpaired) electrons. The first kappa shape index (κ1) is 23.1. The first-order valence-corrected chi connectivity index (χ1v) is 10.1. The van der Waals surface area contributed by atoms with E-state index in [4.69, 9.17) is 14.2 Å². The van der Waals surface area contributed by atoms with Gasteiger partial charge in [-0.3, -0.25) is 9.59 Å². The number of likely N-dealkylation sites (N-methyl/N-ethyl adjacent to an activating group) is 1. The molecule has 2 rings (SSSR count). The molecule has 0 aromatic heterocycles. The number of rotatable bonds is 12. The van der Waals surface area contributed by atoms with Gasteiger partial charge in [-0.2, -0.15) is 0 Å². The van der Waals surface area contributed by atoms with Crippen LogP contribution < -0.4 is 24.8 Å². The van der Waals surface area contributed by atoms with Gasteiger partial charge < -0.3 is 24.8 Å². The van der Waals surface area contributed by atoms with Crippen molar-refractivity contribution in [2.45, 2.75) is 33.2 Å². The van der Waals surface area contributed by atoms with E-state index < -0.39 is 0 Å². The second-order valence-electron chi connectivity index (χ2n) is 6.58. The van der Waals surface area contributed by atoms with Crippen molar-refractivity contribution in [1.29, 1.82) is 0 Å². The summed E-state index contributed by atoms with van der Waals surface area (Å²) in [5, 5.41) is 5.59. The lowest BCUT2D eigenvalue weighted by Crippen LogP contribution is -2.28. The fourth-order valence-electron chi connectivity index (χ4n) is 2.80. The SMILES string of the molecule is CCNC(=O)COc1ccc(CNC(=O)CCc2ccc(OCC)cc2)cc1OC. The number of aryl methyl sites for hydroxylation is 1. The molecular formula is C23H30N2O5. The van der Waals surface area contributed by atoms with Crippen LogP contribution >= 0.6 is 0 Å². The molecule has 0 aliphatic carbocycles. The average Bonchev–Trinajstić information content (AvgIpc) is 2.76. The lowest BCUT2D eigenvalue weighted by Gasteiger charge is -2.12. The summed E-state index contributed by atoms with van der Waals surface area (Å²) in [6.45, 7) is 5.28. The molecule has 0 heterocycles. The summed E-state index contributed by atoms with van der Waals surface area (Å²) in [7, 11) is 1.54. The fourth-order valence-corrected chi connectivity index (χ4v) is 2.80. The molecule has 7 heteroatoms. The summed E-state index contributed by atoms with van der Waals surface area (Å²) >= 11 is 0. The van der Waals surface area contributed by atoms with Crippen LogP contribution in [0.3, 0.4) is 0 Å². The summed E-state index contributed by atoms with van der Waals surface area (Å²) in [4.78, 5) is 23.7. The average molecular weight is 415 g/mol. The van der Waals surface area contributed by atoms with Gasteiger partial charge in [0.1, 0.15) is 5.75 Å². The molecule has 0 atom stereocenters. The highest BCUT2D eigenvalue weighted by molar-refractivity contribution is 5.77. The second kappa shape index (κ2) is 12.4. The third kappa shape index (κ3) is 7.66. The van der Waals surface area contributed by atoms with Crippen LogP contribution in [0.1, 0.15) is 31.4 Å². The normalized spacial score (nSPS) is 10.2. The largest absolute Gasteiger partial charge is 0.494 e. The van der Waals surface area contributed by atoms with E-state index in [-0.39, 0.29) is 18.4 Å². The van der Waals surface area contributed by atoms with Crippen molar-refractivity contribution in [3.63, 3.8) is 0 Å². The van der Waals surface area contributed by atoms with E-state index in [1.165, 1.54) is 7.11 Å². The molecule has 2 N–H and O–H groups in total. The summed E-state index contributed by atoms with van der Waals surface area (Å²) in [6.07, 6.45) is 1.06. The van der Waals surface area contributed by atoms with E-state index in [2.05, 4.69) is 10.6 Å². The number of ether oxygens (including phenoxy) is 3. The minimum absolute atomic E-state index is 0.0283. The van der Waals surface area contributed by atoms with Crippen LogP contribution in [-0.2, 0) is 22.6 Å². The highest BCUT2D eigenvalue weighted by Crippen LogP contribution is 2.28. The third-order valence-electron chi connectivity index (χ3n) is 4.33. The van der Waals surface area contributed by atoms with E-state index in [0.29, 0.717) is 44.0 Å². The van der Waals surface area contributed by atoms with Gasteiger partial charge in [0.2, 0.25) is 5.91 Å². The van der Waals surface area contributed by atoms with E-state index in [1.54, 1.807) is 12.1 Å². The zero-order valence-electron chi connectivity index (χ0n) is 17.8. The Labute approximate surface area is 177 Å². The Kier molecular flexibility index (Phi) is 9.51. The highest BCUT2D eigenvalue weighted by atomic mass is 16.5. The van der Waals surface area contributed by atoms with Gasteiger partial charge in [0.25, 0.3) is 5.91 Å². The van der Waals surface area contributed by atoms with Crippen molar-refractivity contribution in [2.75, 3.05) is 26.9 Å². The predicted molar refractivity (Wildman–Crippen MR) is 115 cm³/mol. The maximum atomic E-state index is 12.2. The van der Waals surface area contributed by atoms with Gasteiger partial charge in [0.05, 0.1) is 13.7 Å². The number of methoxy groups -OCH3 is 1. The van der Waals surface area contributed by atoms with Crippen LogP contribution in [0.2, 0.25) is 0 Å². The van der Waals surface area contributed by atoms with Crippen LogP contribution in [0, 0.1) is 0 Å². The number of nitrogens with one attached hydrogen (secondary N) is 2. The number of benzene rings is 2. The Hall–Kier alpha value is -3.22. The maximum absolute atomic E-state index is 12.2. The first-order chi connectivity index (χ1) is 14.5. The van der Waals surface area contributed by atoms with Crippen molar-refractivity contribution in [2.24, 2.45) is 0 Å². The molecule has 30 heavy (non-hydrogen) atoms. The van der Waals surface area contributed by atoms with Gasteiger partial charge in [0, 0.05) is 19.5 Å². The Balaban J connectivity index is 1.81. The zero-order chi connectivity index (χ0) is 21.8. The lowest BCUT2D eigenvalue weighted by atomic mass is 10.1. The van der Waals surface area contributed by atoms with Crippen molar-refractivity contribution in [1.82, 2.24) is 10.6 Å². The molecule has 2 aromatic rings. The monoisotopic (exact) mass is 414 g/mol. The standard InChI is InChI=1S/C23H30N2O5/c1-4-24-23(27)16-30-20-12-8-18(14-21(20)28-3)15-25-22(26)13-9-17-6-10-19(11-7-17)29-5-2/h6-8,10-12,14H,4-5,9,13,15-16H2,1-3H3,(H,24,27)(H,25,26). The number of amides is 2. The molecule has 2 amide bonds. The molecule has 0 spiro atoms. The second-order valence-corrected chi connectivity index (χ2v) is 6.58. The number of hydrogen-bond donors (Lipinski definition) is 2. The van der Waals surface area contributed by atoms with Gasteiger partial charge in [0.15, 0.2) is 18.1 Å². The van der Waals surface area contributed by atoms with E-state index in [9.17, 15) is 9.59 Å². The Bertz CT molecular complexity index is 821. The molecule has 0 unspecified atom stereocenters. The number of carbonyl (C=O) groups is 2. The maximum Gasteiger partial charge on any atom is 0.257 e. The Morgan fingerprint density at radius 3 is 2.27 bits per heavy atom. The molecule has 0 aliphatic rings. The summed E-state index contributed by atoms with van der Waals surface area (Å²) in [5.74, 6) is 1.61. The number of carbonyl (C=O) groups excluding carboxylic acids is 2. The summed E-state index contributed by atoms with van der Waals surface area (Å²) in [5.41, 5.74) is 1.97. The Morgan fingerprint density at radius 1 is 0.867 bits per heavy atom. The first-order valence-electron chi connectivity index (χ1n) is 10.1. The van der Waals surface area contributed by atoms with Crippen LogP contribution in [0.25, 0.3) is 0 Å². The summed E-state index contributed by atoms with van der Waals surface area (Å²) in [6, 6.07) is 13.1. The smallest absolute Gasteiger partial charge is 0.257 e. The Morgan fingerprint density at radius 2 is 1.60 bits per heavy atom. The van der Waals surface area contributed by atoms with Gasteiger partial charge >= 0.3 is 0 Å². The third-order valence-corrected chi connectivity index (χ3v) is 4.33. The van der Waals surface area contributed by atoms with E-state index in [1.807, 2.05) is 44.2 Å². The minimum Gasteiger partial charge on any atom is -0.494 e. The number of hydrogen-bond acceptors (Lipinski definition) is 5.